The molecule has 102 valence electrons. The van der Waals surface area contributed by atoms with Crippen molar-refractivity contribution in [2.24, 2.45) is 5.92 Å². The average molecular weight is 323 g/mol. The van der Waals surface area contributed by atoms with Gasteiger partial charge in [-0.15, -0.1) is 0 Å². The van der Waals surface area contributed by atoms with E-state index in [1.165, 1.54) is 5.56 Å². The van der Waals surface area contributed by atoms with E-state index in [9.17, 15) is 5.11 Å². The number of nitrogens with zero attached hydrogens (tertiary/aromatic N) is 2. The van der Waals surface area contributed by atoms with Crippen molar-refractivity contribution in [1.29, 1.82) is 5.26 Å². The van der Waals surface area contributed by atoms with Gasteiger partial charge in [0.05, 0.1) is 11.6 Å². The number of nitriles is 1. The van der Waals surface area contributed by atoms with Crippen LogP contribution in [0.1, 0.15) is 30.9 Å². The first kappa shape index (κ1) is 14.5. The van der Waals surface area contributed by atoms with Crippen LogP contribution in [-0.4, -0.2) is 29.2 Å². The van der Waals surface area contributed by atoms with Crippen molar-refractivity contribution in [2.45, 2.75) is 32.4 Å². The topological polar surface area (TPSA) is 47.3 Å². The van der Waals surface area contributed by atoms with Crippen LogP contribution in [0.3, 0.4) is 0 Å². The zero-order valence-corrected chi connectivity index (χ0v) is 12.7. The molecule has 3 nitrogen and oxygen atoms in total. The van der Waals surface area contributed by atoms with E-state index in [2.05, 4.69) is 33.8 Å². The molecule has 0 amide bonds. The van der Waals surface area contributed by atoms with Crippen molar-refractivity contribution in [3.05, 3.63) is 33.8 Å². The fourth-order valence-corrected chi connectivity index (χ4v) is 3.10. The van der Waals surface area contributed by atoms with Gasteiger partial charge < -0.3 is 5.11 Å². The van der Waals surface area contributed by atoms with Gasteiger partial charge in [-0.05, 0) is 43.4 Å². The minimum absolute atomic E-state index is 0.276. The standard InChI is InChI=1S/C15H19BrN2O/c1-11-2-3-13(10-19)8-18(11)9-14-5-4-12(7-17)6-15(14)16/h4-6,11,13,19H,2-3,8-10H2,1H3/t11-,13+/m1/s1. The van der Waals surface area contributed by atoms with Gasteiger partial charge in [-0.1, -0.05) is 22.0 Å². The Morgan fingerprint density at radius 2 is 2.26 bits per heavy atom. The minimum Gasteiger partial charge on any atom is -0.396 e. The lowest BCUT2D eigenvalue weighted by Crippen LogP contribution is -2.42. The van der Waals surface area contributed by atoms with Gasteiger partial charge in [0.25, 0.3) is 0 Å². The molecule has 1 saturated heterocycles. The Balaban J connectivity index is 2.09. The number of hydrogen-bond donors (Lipinski definition) is 1. The van der Waals surface area contributed by atoms with Crippen molar-refractivity contribution in [3.63, 3.8) is 0 Å². The predicted molar refractivity (Wildman–Crippen MR) is 78.5 cm³/mol. The SMILES string of the molecule is C[C@@H]1CC[C@H](CO)CN1Cc1ccc(C#N)cc1Br. The minimum atomic E-state index is 0.276. The summed E-state index contributed by atoms with van der Waals surface area (Å²) in [6.45, 7) is 4.33. The quantitative estimate of drug-likeness (QED) is 0.930. The van der Waals surface area contributed by atoms with Crippen LogP contribution in [0.2, 0.25) is 0 Å². The highest BCUT2D eigenvalue weighted by molar-refractivity contribution is 9.10. The first-order valence-corrected chi connectivity index (χ1v) is 7.46. The number of rotatable bonds is 3. The van der Waals surface area contributed by atoms with E-state index < -0.39 is 0 Å². The molecule has 1 fully saturated rings. The third-order valence-corrected chi connectivity index (χ3v) is 4.66. The molecule has 0 bridgehead atoms. The molecule has 2 rings (SSSR count). The van der Waals surface area contributed by atoms with E-state index in [0.29, 0.717) is 17.5 Å². The molecule has 1 aromatic rings. The molecule has 0 radical (unpaired) electrons. The summed E-state index contributed by atoms with van der Waals surface area (Å²) in [5.74, 6) is 0.397. The molecular weight excluding hydrogens is 304 g/mol. The Labute approximate surface area is 123 Å². The lowest BCUT2D eigenvalue weighted by atomic mass is 9.93. The van der Waals surface area contributed by atoms with Crippen LogP contribution >= 0.6 is 15.9 Å². The normalized spacial score (nSPS) is 24.1. The van der Waals surface area contributed by atoms with Gasteiger partial charge in [0.15, 0.2) is 0 Å². The first-order valence-electron chi connectivity index (χ1n) is 6.67. The van der Waals surface area contributed by atoms with E-state index in [-0.39, 0.29) is 6.61 Å². The van der Waals surface area contributed by atoms with Crippen molar-refractivity contribution in [1.82, 2.24) is 4.90 Å². The summed E-state index contributed by atoms with van der Waals surface area (Å²) < 4.78 is 0.991. The first-order chi connectivity index (χ1) is 9.13. The number of hydrogen-bond acceptors (Lipinski definition) is 3. The Morgan fingerprint density at radius 1 is 1.47 bits per heavy atom. The fraction of sp³-hybridized carbons (Fsp3) is 0.533. The largest absolute Gasteiger partial charge is 0.396 e. The summed E-state index contributed by atoms with van der Waals surface area (Å²) >= 11 is 3.54. The molecule has 4 heteroatoms. The number of likely N-dealkylation sites (tertiary alicyclic amines) is 1. The highest BCUT2D eigenvalue weighted by atomic mass is 79.9. The molecule has 0 aliphatic carbocycles. The zero-order valence-electron chi connectivity index (χ0n) is 11.1. The molecule has 1 heterocycles. The molecular formula is C15H19BrN2O. The van der Waals surface area contributed by atoms with Gasteiger partial charge in [0, 0.05) is 30.2 Å². The monoisotopic (exact) mass is 322 g/mol. The van der Waals surface area contributed by atoms with Gasteiger partial charge in [0.1, 0.15) is 0 Å². The lowest BCUT2D eigenvalue weighted by Gasteiger charge is -2.37. The van der Waals surface area contributed by atoms with Gasteiger partial charge in [0.2, 0.25) is 0 Å². The van der Waals surface area contributed by atoms with Crippen LogP contribution < -0.4 is 0 Å². The Bertz CT molecular complexity index is 484. The smallest absolute Gasteiger partial charge is 0.0992 e. The van der Waals surface area contributed by atoms with E-state index in [1.54, 1.807) is 0 Å². The molecule has 0 saturated carbocycles. The molecule has 2 atom stereocenters. The van der Waals surface area contributed by atoms with E-state index in [1.807, 2.05) is 18.2 Å². The van der Waals surface area contributed by atoms with Gasteiger partial charge in [-0.2, -0.15) is 5.26 Å². The highest BCUT2D eigenvalue weighted by Crippen LogP contribution is 2.26. The van der Waals surface area contributed by atoms with E-state index in [4.69, 9.17) is 5.26 Å². The molecule has 0 spiro atoms. The maximum Gasteiger partial charge on any atom is 0.0992 e. The Morgan fingerprint density at radius 3 is 2.89 bits per heavy atom. The predicted octanol–water partition coefficient (Wildman–Crippen LogP) is 2.91. The van der Waals surface area contributed by atoms with Crippen LogP contribution in [-0.2, 0) is 6.54 Å². The van der Waals surface area contributed by atoms with Crippen molar-refractivity contribution < 1.29 is 5.11 Å². The van der Waals surface area contributed by atoms with Crippen LogP contribution in [0.15, 0.2) is 22.7 Å². The van der Waals surface area contributed by atoms with Crippen LogP contribution in [0.5, 0.6) is 0 Å². The second-order valence-electron chi connectivity index (χ2n) is 5.32. The molecule has 1 N–H and O–H groups in total. The maximum atomic E-state index is 9.31. The fourth-order valence-electron chi connectivity index (χ4n) is 2.60. The third kappa shape index (κ3) is 3.56. The average Bonchev–Trinajstić information content (AvgIpc) is 2.43. The maximum absolute atomic E-state index is 9.31. The zero-order chi connectivity index (χ0) is 13.8. The number of halogens is 1. The number of piperidine rings is 1. The summed E-state index contributed by atoms with van der Waals surface area (Å²) in [6.07, 6.45) is 2.25. The highest BCUT2D eigenvalue weighted by Gasteiger charge is 2.25. The van der Waals surface area contributed by atoms with Crippen LogP contribution in [0, 0.1) is 17.2 Å². The van der Waals surface area contributed by atoms with E-state index >= 15 is 0 Å². The van der Waals surface area contributed by atoms with Gasteiger partial charge in [-0.3, -0.25) is 4.90 Å². The number of aliphatic hydroxyl groups is 1. The van der Waals surface area contributed by atoms with Crippen LogP contribution in [0.25, 0.3) is 0 Å². The Kier molecular flexibility index (Phi) is 4.98. The second kappa shape index (κ2) is 6.51. The summed E-state index contributed by atoms with van der Waals surface area (Å²) in [5.41, 5.74) is 1.87. The van der Waals surface area contributed by atoms with Crippen molar-refractivity contribution in [3.8, 4) is 6.07 Å². The van der Waals surface area contributed by atoms with Crippen molar-refractivity contribution >= 4 is 15.9 Å². The number of benzene rings is 1. The summed E-state index contributed by atoms with van der Waals surface area (Å²) in [6, 6.07) is 8.43. The van der Waals surface area contributed by atoms with Crippen molar-refractivity contribution in [2.75, 3.05) is 13.2 Å². The molecule has 19 heavy (non-hydrogen) atoms. The molecule has 0 unspecified atom stereocenters. The Hall–Kier alpha value is -0.890. The number of aliphatic hydroxyl groups excluding tert-OH is 1. The summed E-state index contributed by atoms with van der Waals surface area (Å²) in [5, 5.41) is 18.2. The van der Waals surface area contributed by atoms with E-state index in [0.717, 1.165) is 30.4 Å². The second-order valence-corrected chi connectivity index (χ2v) is 6.18. The van der Waals surface area contributed by atoms with Gasteiger partial charge in [-0.25, -0.2) is 0 Å². The third-order valence-electron chi connectivity index (χ3n) is 3.92. The molecule has 1 aliphatic rings. The summed E-state index contributed by atoms with van der Waals surface area (Å²) in [4.78, 5) is 2.41. The lowest BCUT2D eigenvalue weighted by molar-refractivity contribution is 0.0770. The van der Waals surface area contributed by atoms with Crippen LogP contribution in [0.4, 0.5) is 0 Å². The van der Waals surface area contributed by atoms with Gasteiger partial charge >= 0.3 is 0 Å². The summed E-state index contributed by atoms with van der Waals surface area (Å²) in [7, 11) is 0. The molecule has 1 aliphatic heterocycles. The molecule has 0 aromatic heterocycles. The molecule has 1 aromatic carbocycles.